The van der Waals surface area contributed by atoms with Gasteiger partial charge in [0, 0.05) is 16.5 Å². The van der Waals surface area contributed by atoms with Gasteiger partial charge < -0.3 is 19.3 Å². The minimum Gasteiger partial charge on any atom is -0.489 e. The van der Waals surface area contributed by atoms with Crippen molar-refractivity contribution in [2.24, 2.45) is 5.92 Å². The highest BCUT2D eigenvalue weighted by Crippen LogP contribution is 2.39. The zero-order valence-corrected chi connectivity index (χ0v) is 19.4. The number of hydrogen-bond acceptors (Lipinski definition) is 5. The summed E-state index contributed by atoms with van der Waals surface area (Å²) < 4.78 is 41.3. The molecule has 1 aliphatic carbocycles. The smallest absolute Gasteiger partial charge is 0.387 e. The maximum atomic E-state index is 12.8. The second kappa shape index (κ2) is 12.6. The number of benzene rings is 1. The van der Waals surface area contributed by atoms with E-state index in [2.05, 4.69) is 11.3 Å². The Morgan fingerprint density at radius 2 is 1.97 bits per heavy atom. The first-order valence-electron chi connectivity index (χ1n) is 10.1. The molecule has 0 bridgehead atoms. The molecular formula is C23H24Cl2F2O6. The predicted molar refractivity (Wildman–Crippen MR) is 120 cm³/mol. The molecule has 0 saturated heterocycles. The molecule has 1 aliphatic rings. The first kappa shape index (κ1) is 26.7. The van der Waals surface area contributed by atoms with Gasteiger partial charge in [0.15, 0.2) is 11.5 Å². The second-order valence-electron chi connectivity index (χ2n) is 7.26. The molecule has 1 saturated carbocycles. The summed E-state index contributed by atoms with van der Waals surface area (Å²) in [5, 5.41) is 9.40. The number of hydrogen-bond donors (Lipinski definition) is 1. The van der Waals surface area contributed by atoms with E-state index in [1.165, 1.54) is 24.3 Å². The summed E-state index contributed by atoms with van der Waals surface area (Å²) in [5.74, 6) is -2.13. The number of carboxylic acid groups (broad SMARTS) is 1. The number of alkyl halides is 2. The van der Waals surface area contributed by atoms with Crippen molar-refractivity contribution in [2.45, 2.75) is 45.3 Å². The molecule has 1 atom stereocenters. The molecule has 10 heteroatoms. The predicted octanol–water partition coefficient (Wildman–Crippen LogP) is 6.35. The summed E-state index contributed by atoms with van der Waals surface area (Å²) in [5.41, 5.74) is 0.755. The van der Waals surface area contributed by atoms with Crippen LogP contribution in [0.4, 0.5) is 8.78 Å². The Kier molecular flexibility index (Phi) is 10.2. The largest absolute Gasteiger partial charge is 0.489 e. The average Bonchev–Trinajstić information content (AvgIpc) is 3.58. The van der Waals surface area contributed by atoms with Crippen molar-refractivity contribution in [3.63, 3.8) is 0 Å². The van der Waals surface area contributed by atoms with Gasteiger partial charge in [-0.25, -0.2) is 0 Å². The molecule has 0 amide bonds. The van der Waals surface area contributed by atoms with Crippen LogP contribution in [-0.4, -0.2) is 30.3 Å². The molecule has 6 nitrogen and oxygen atoms in total. The fourth-order valence-electron chi connectivity index (χ4n) is 2.87. The van der Waals surface area contributed by atoms with Gasteiger partial charge in [0.1, 0.15) is 12.5 Å². The summed E-state index contributed by atoms with van der Waals surface area (Å²) in [4.78, 5) is 23.1. The van der Waals surface area contributed by atoms with E-state index in [0.717, 1.165) is 12.8 Å². The van der Waals surface area contributed by atoms with E-state index >= 15 is 0 Å². The SMILES string of the molecule is C=C/C(Cl)=C(C[C@H](OC(=O)CC(=O)O)c1ccc(OC(F)F)c(OCC2CC2)c1)\C(Cl)=C/C. The van der Waals surface area contributed by atoms with E-state index < -0.39 is 31.1 Å². The highest BCUT2D eigenvalue weighted by atomic mass is 35.5. The average molecular weight is 505 g/mol. The quantitative estimate of drug-likeness (QED) is 0.191. The number of allylic oxidation sites excluding steroid dienone is 4. The lowest BCUT2D eigenvalue weighted by atomic mass is 9.99. The van der Waals surface area contributed by atoms with E-state index in [4.69, 9.17) is 37.8 Å². The molecule has 1 aromatic carbocycles. The highest BCUT2D eigenvalue weighted by Gasteiger charge is 2.26. The van der Waals surface area contributed by atoms with E-state index in [9.17, 15) is 18.4 Å². The van der Waals surface area contributed by atoms with Crippen LogP contribution in [0.15, 0.2) is 52.6 Å². The van der Waals surface area contributed by atoms with Crippen molar-refractivity contribution in [2.75, 3.05) is 6.61 Å². The molecule has 0 aromatic heterocycles. The Balaban J connectivity index is 2.44. The van der Waals surface area contributed by atoms with E-state index in [-0.39, 0.29) is 28.0 Å². The Bertz CT molecular complexity index is 941. The van der Waals surface area contributed by atoms with Crippen molar-refractivity contribution in [3.05, 3.63) is 58.1 Å². The number of aliphatic carboxylic acids is 1. The number of halogens is 4. The number of esters is 1. The third kappa shape index (κ3) is 8.70. The molecular weight excluding hydrogens is 481 g/mol. The number of rotatable bonds is 13. The summed E-state index contributed by atoms with van der Waals surface area (Å²) in [6.07, 6.45) is 2.98. The second-order valence-corrected chi connectivity index (χ2v) is 8.07. The molecule has 0 spiro atoms. The fourth-order valence-corrected chi connectivity index (χ4v) is 3.27. The van der Waals surface area contributed by atoms with Crippen LogP contribution in [0, 0.1) is 5.92 Å². The van der Waals surface area contributed by atoms with Crippen LogP contribution in [0.3, 0.4) is 0 Å². The van der Waals surface area contributed by atoms with Gasteiger partial charge in [-0.2, -0.15) is 8.78 Å². The number of carboxylic acids is 1. The first-order chi connectivity index (χ1) is 15.6. The molecule has 0 unspecified atom stereocenters. The zero-order chi connectivity index (χ0) is 24.5. The van der Waals surface area contributed by atoms with Crippen molar-refractivity contribution in [3.8, 4) is 11.5 Å². The van der Waals surface area contributed by atoms with Crippen LogP contribution in [0.2, 0.25) is 0 Å². The molecule has 1 fully saturated rings. The molecule has 180 valence electrons. The molecule has 2 rings (SSSR count). The van der Waals surface area contributed by atoms with Crippen LogP contribution >= 0.6 is 23.2 Å². The Morgan fingerprint density at radius 3 is 2.52 bits per heavy atom. The highest BCUT2D eigenvalue weighted by molar-refractivity contribution is 6.36. The van der Waals surface area contributed by atoms with Crippen LogP contribution in [0.25, 0.3) is 0 Å². The molecule has 33 heavy (non-hydrogen) atoms. The monoisotopic (exact) mass is 504 g/mol. The zero-order valence-electron chi connectivity index (χ0n) is 17.9. The van der Waals surface area contributed by atoms with Gasteiger partial charge in [-0.05, 0) is 49.0 Å². The Labute approximate surface area is 200 Å². The van der Waals surface area contributed by atoms with E-state index in [1.807, 2.05) is 0 Å². The van der Waals surface area contributed by atoms with Gasteiger partial charge in [-0.1, -0.05) is 48.0 Å². The lowest BCUT2D eigenvalue weighted by Gasteiger charge is -2.22. The minimum atomic E-state index is -3.06. The fraction of sp³-hybridized carbons (Fsp3) is 0.391. The van der Waals surface area contributed by atoms with Crippen molar-refractivity contribution in [1.82, 2.24) is 0 Å². The summed E-state index contributed by atoms with van der Waals surface area (Å²) in [6, 6.07) is 4.11. The van der Waals surface area contributed by atoms with Gasteiger partial charge in [-0.15, -0.1) is 0 Å². The van der Waals surface area contributed by atoms with Gasteiger partial charge in [0.05, 0.1) is 6.61 Å². The maximum Gasteiger partial charge on any atom is 0.387 e. The summed E-state index contributed by atoms with van der Waals surface area (Å²) in [7, 11) is 0. The van der Waals surface area contributed by atoms with Crippen LogP contribution < -0.4 is 9.47 Å². The van der Waals surface area contributed by atoms with Crippen LogP contribution in [0.5, 0.6) is 11.5 Å². The third-order valence-corrected chi connectivity index (χ3v) is 5.52. The number of carbonyl (C=O) groups excluding carboxylic acids is 1. The number of carbonyl (C=O) groups is 2. The van der Waals surface area contributed by atoms with Crippen molar-refractivity contribution >= 4 is 35.1 Å². The molecule has 0 radical (unpaired) electrons. The standard InChI is InChI=1S/C23H24Cl2F2O6/c1-3-16(24)15(17(25)4-2)10-19(32-22(30)11-21(28)29)14-7-8-18(33-23(26)27)20(9-14)31-12-13-5-6-13/h3-4,7-9,13,19,23H,1,5-6,10-12H2,2H3,(H,28,29)/b16-15+,17-4+/t19-/m0/s1. The summed E-state index contributed by atoms with van der Waals surface area (Å²) in [6.45, 7) is 2.56. The molecule has 1 aromatic rings. The minimum absolute atomic E-state index is 0.0312. The van der Waals surface area contributed by atoms with Crippen LogP contribution in [0.1, 0.15) is 44.3 Å². The Hall–Kier alpha value is -2.58. The van der Waals surface area contributed by atoms with E-state index in [0.29, 0.717) is 23.7 Å². The maximum absolute atomic E-state index is 12.8. The lowest BCUT2D eigenvalue weighted by Crippen LogP contribution is -2.16. The summed E-state index contributed by atoms with van der Waals surface area (Å²) >= 11 is 12.5. The lowest BCUT2D eigenvalue weighted by molar-refractivity contribution is -0.155. The molecule has 1 N–H and O–H groups in total. The third-order valence-electron chi connectivity index (χ3n) is 4.70. The van der Waals surface area contributed by atoms with Crippen molar-refractivity contribution < 1.29 is 37.7 Å². The number of ether oxygens (including phenoxy) is 3. The molecule has 0 aliphatic heterocycles. The van der Waals surface area contributed by atoms with Gasteiger partial charge in [0.2, 0.25) is 0 Å². The van der Waals surface area contributed by atoms with Gasteiger partial charge in [0.25, 0.3) is 0 Å². The topological polar surface area (TPSA) is 82.1 Å². The normalized spacial score (nSPS) is 15.5. The molecule has 0 heterocycles. The van der Waals surface area contributed by atoms with Crippen LogP contribution in [-0.2, 0) is 14.3 Å². The first-order valence-corrected chi connectivity index (χ1v) is 10.9. The van der Waals surface area contributed by atoms with Crippen molar-refractivity contribution in [1.29, 1.82) is 0 Å². The Morgan fingerprint density at radius 1 is 1.27 bits per heavy atom. The van der Waals surface area contributed by atoms with Gasteiger partial charge in [-0.3, -0.25) is 9.59 Å². The van der Waals surface area contributed by atoms with E-state index in [1.54, 1.807) is 13.0 Å². The van der Waals surface area contributed by atoms with Gasteiger partial charge >= 0.3 is 18.6 Å².